The van der Waals surface area contributed by atoms with Gasteiger partial charge in [-0.2, -0.15) is 15.0 Å². The Morgan fingerprint density at radius 1 is 0.429 bits per heavy atom. The molecule has 0 aliphatic carbocycles. The predicted octanol–water partition coefficient (Wildman–Crippen LogP) is 10.5. The molecule has 237 valence electrons. The normalized spacial score (nSPS) is 10.7. The summed E-state index contributed by atoms with van der Waals surface area (Å²) in [5.41, 5.74) is 7.16. The molecule has 0 bridgehead atoms. The second kappa shape index (κ2) is 14.4. The van der Waals surface area contributed by atoms with E-state index in [4.69, 9.17) is 19.9 Å². The molecular formula is C42H29IrN6-. The molecule has 0 unspecified atom stereocenters. The van der Waals surface area contributed by atoms with E-state index in [0.717, 1.165) is 50.5 Å². The maximum Gasteiger partial charge on any atom is 0.239 e. The molecule has 1 radical (unpaired) electrons. The summed E-state index contributed by atoms with van der Waals surface area (Å²) in [5.74, 6) is 1.50. The van der Waals surface area contributed by atoms with Gasteiger partial charge in [0.15, 0.2) is 0 Å². The Bertz CT molecular complexity index is 2120. The van der Waals surface area contributed by atoms with Crippen LogP contribution in [0.15, 0.2) is 176 Å². The molecule has 2 aromatic heterocycles. The summed E-state index contributed by atoms with van der Waals surface area (Å²) in [6.07, 6.45) is 0. The summed E-state index contributed by atoms with van der Waals surface area (Å²) in [6, 6.07) is 62.2. The van der Waals surface area contributed by atoms with E-state index in [-0.39, 0.29) is 20.1 Å². The van der Waals surface area contributed by atoms with E-state index < -0.39 is 0 Å². The zero-order valence-electron chi connectivity index (χ0n) is 26.3. The molecule has 49 heavy (non-hydrogen) atoms. The molecule has 0 fully saturated rings. The van der Waals surface area contributed by atoms with Crippen molar-refractivity contribution in [3.05, 3.63) is 182 Å². The van der Waals surface area contributed by atoms with Gasteiger partial charge in [-0.05, 0) is 65.7 Å². The quantitative estimate of drug-likeness (QED) is 0.143. The van der Waals surface area contributed by atoms with Crippen molar-refractivity contribution in [1.29, 1.82) is 0 Å². The minimum atomic E-state index is 0. The van der Waals surface area contributed by atoms with Gasteiger partial charge in [0, 0.05) is 42.9 Å². The first-order chi connectivity index (χ1) is 23.8. The molecule has 0 spiro atoms. The Kier molecular flexibility index (Phi) is 9.28. The Morgan fingerprint density at radius 2 is 0.898 bits per heavy atom. The fourth-order valence-corrected chi connectivity index (χ4v) is 5.72. The monoisotopic (exact) mass is 810 g/mol. The Labute approximate surface area is 298 Å². The smallest absolute Gasteiger partial charge is 0.239 e. The molecular weight excluding hydrogens is 781 g/mol. The van der Waals surface area contributed by atoms with E-state index in [2.05, 4.69) is 76.5 Å². The fourth-order valence-electron chi connectivity index (χ4n) is 5.72. The summed E-state index contributed by atoms with van der Waals surface area (Å²) in [5, 5.41) is 1.09. The summed E-state index contributed by atoms with van der Waals surface area (Å²) in [7, 11) is 0. The molecule has 8 rings (SSSR count). The fraction of sp³-hybridized carbons (Fsp3) is 0. The average Bonchev–Trinajstić information content (AvgIpc) is 3.17. The molecule has 8 aromatic rings. The van der Waals surface area contributed by atoms with Crippen LogP contribution in [0.5, 0.6) is 0 Å². The molecule has 0 atom stereocenters. The molecule has 0 N–H and O–H groups in total. The minimum absolute atomic E-state index is 0. The van der Waals surface area contributed by atoms with Crippen LogP contribution < -0.4 is 9.80 Å². The van der Waals surface area contributed by atoms with E-state index in [9.17, 15) is 0 Å². The number of rotatable bonds is 8. The molecule has 0 saturated carbocycles. The van der Waals surface area contributed by atoms with Crippen LogP contribution in [0, 0.1) is 6.07 Å². The molecule has 0 aliphatic rings. The van der Waals surface area contributed by atoms with Gasteiger partial charge in [-0.1, -0.05) is 109 Å². The van der Waals surface area contributed by atoms with Gasteiger partial charge in [0.1, 0.15) is 5.82 Å². The average molecular weight is 810 g/mol. The number of hydrogen-bond donors (Lipinski definition) is 0. The van der Waals surface area contributed by atoms with Crippen LogP contribution in [0.2, 0.25) is 0 Å². The maximum atomic E-state index is 5.19. The van der Waals surface area contributed by atoms with Crippen molar-refractivity contribution in [1.82, 2.24) is 19.9 Å². The van der Waals surface area contributed by atoms with Gasteiger partial charge in [0.25, 0.3) is 0 Å². The van der Waals surface area contributed by atoms with Crippen molar-refractivity contribution in [3.63, 3.8) is 0 Å². The van der Waals surface area contributed by atoms with Gasteiger partial charge in [-0.3, -0.25) is 14.8 Å². The maximum absolute atomic E-state index is 5.19. The molecule has 6 aromatic carbocycles. The molecule has 0 amide bonds. The van der Waals surface area contributed by atoms with E-state index in [1.807, 2.05) is 115 Å². The Morgan fingerprint density at radius 3 is 1.41 bits per heavy atom. The Hall–Kier alpha value is -6.01. The first-order valence-corrected chi connectivity index (χ1v) is 15.7. The minimum Gasteiger partial charge on any atom is -0.296 e. The van der Waals surface area contributed by atoms with Crippen molar-refractivity contribution < 1.29 is 20.1 Å². The molecule has 7 heteroatoms. The van der Waals surface area contributed by atoms with Gasteiger partial charge in [0.2, 0.25) is 11.9 Å². The summed E-state index contributed by atoms with van der Waals surface area (Å²) >= 11 is 0. The third-order valence-corrected chi connectivity index (χ3v) is 8.00. The number of nitrogens with zero attached hydrogens (tertiary/aromatic N) is 6. The number of anilines is 6. The number of para-hydroxylation sites is 5. The van der Waals surface area contributed by atoms with Crippen LogP contribution in [0.25, 0.3) is 33.5 Å². The number of aromatic nitrogens is 4. The van der Waals surface area contributed by atoms with Crippen molar-refractivity contribution in [3.8, 4) is 22.6 Å². The topological polar surface area (TPSA) is 58.0 Å². The third kappa shape index (κ3) is 6.72. The van der Waals surface area contributed by atoms with Crippen LogP contribution in [-0.4, -0.2) is 19.9 Å². The number of pyridine rings is 1. The third-order valence-electron chi connectivity index (χ3n) is 8.00. The van der Waals surface area contributed by atoms with Crippen LogP contribution >= 0.6 is 0 Å². The van der Waals surface area contributed by atoms with Crippen molar-refractivity contribution in [2.24, 2.45) is 0 Å². The number of benzene rings is 6. The Balaban J connectivity index is 0.00000378. The van der Waals surface area contributed by atoms with Crippen molar-refractivity contribution >= 4 is 45.5 Å². The zero-order valence-corrected chi connectivity index (χ0v) is 28.7. The van der Waals surface area contributed by atoms with Crippen molar-refractivity contribution in [2.45, 2.75) is 0 Å². The second-order valence-corrected chi connectivity index (χ2v) is 11.2. The number of fused-ring (bicyclic) bond motifs is 1. The van der Waals surface area contributed by atoms with E-state index in [1.54, 1.807) is 0 Å². The van der Waals surface area contributed by atoms with E-state index in [1.165, 1.54) is 0 Å². The zero-order chi connectivity index (χ0) is 32.1. The van der Waals surface area contributed by atoms with E-state index in [0.29, 0.717) is 17.7 Å². The summed E-state index contributed by atoms with van der Waals surface area (Å²) in [6.45, 7) is 0. The van der Waals surface area contributed by atoms with Gasteiger partial charge >= 0.3 is 0 Å². The standard InChI is InChI=1S/C42H29N6.Ir/c1-5-19-34(20-6-1)47(35-21-7-2-8-22-35)41-44-40(33-18-15-17-32(30-33)39-29-28-31-16-13-14-27-38(31)43-39)45-42(46-41)48(36-23-9-3-10-24-36)37-25-11-4-12-26-37;/h1-16,18-30H;/q-1;. The van der Waals surface area contributed by atoms with Crippen LogP contribution in [0.3, 0.4) is 0 Å². The van der Waals surface area contributed by atoms with Crippen LogP contribution in [0.4, 0.5) is 34.6 Å². The number of hydrogen-bond acceptors (Lipinski definition) is 6. The van der Waals surface area contributed by atoms with Gasteiger partial charge in [0.05, 0.1) is 5.52 Å². The van der Waals surface area contributed by atoms with Crippen molar-refractivity contribution in [2.75, 3.05) is 9.80 Å². The molecule has 0 aliphatic heterocycles. The predicted molar refractivity (Wildman–Crippen MR) is 194 cm³/mol. The first-order valence-electron chi connectivity index (χ1n) is 15.7. The summed E-state index contributed by atoms with van der Waals surface area (Å²) in [4.78, 5) is 24.5. The van der Waals surface area contributed by atoms with E-state index >= 15 is 0 Å². The molecule has 6 nitrogen and oxygen atoms in total. The van der Waals surface area contributed by atoms with Crippen LogP contribution in [0.1, 0.15) is 0 Å². The SMILES string of the molecule is [Ir].[c-]1ccc(-c2nc(N(c3ccccc3)c3ccccc3)nc(N(c3ccccc3)c3ccccc3)n2)cc1-c1ccc2ccccc2n1. The second-order valence-electron chi connectivity index (χ2n) is 11.2. The largest absolute Gasteiger partial charge is 0.296 e. The van der Waals surface area contributed by atoms with Gasteiger partial charge in [-0.15, -0.1) is 29.8 Å². The van der Waals surface area contributed by atoms with Gasteiger partial charge < -0.3 is 0 Å². The molecule has 2 heterocycles. The van der Waals surface area contributed by atoms with Crippen LogP contribution in [-0.2, 0) is 20.1 Å². The summed E-state index contributed by atoms with van der Waals surface area (Å²) < 4.78 is 0. The van der Waals surface area contributed by atoms with Gasteiger partial charge in [-0.25, -0.2) is 0 Å². The molecule has 0 saturated heterocycles. The first kappa shape index (κ1) is 31.6.